The van der Waals surface area contributed by atoms with Gasteiger partial charge in [0.1, 0.15) is 5.82 Å². The molecule has 1 unspecified atom stereocenters. The summed E-state index contributed by atoms with van der Waals surface area (Å²) >= 11 is 7.81. The van der Waals surface area contributed by atoms with Crippen LogP contribution in [0.2, 0.25) is 5.02 Å². The van der Waals surface area contributed by atoms with Gasteiger partial charge < -0.3 is 5.32 Å². The molecule has 0 aromatic heterocycles. The number of halogens is 2. The molecular formula is C21H24ClFN2O3S2. The second kappa shape index (κ2) is 10.6. The SMILES string of the molecule is O=C(NCCSCc1ccccc1Cl)C1CCCN(S(=O)(=O)c2ccc(F)cc2)C1. The molecule has 9 heteroatoms. The van der Waals surface area contributed by atoms with Gasteiger partial charge in [-0.2, -0.15) is 16.1 Å². The summed E-state index contributed by atoms with van der Waals surface area (Å²) in [7, 11) is -3.74. The summed E-state index contributed by atoms with van der Waals surface area (Å²) in [6, 6.07) is 12.4. The quantitative estimate of drug-likeness (QED) is 0.593. The Bertz CT molecular complexity index is 970. The molecule has 1 saturated heterocycles. The molecule has 1 atom stereocenters. The van der Waals surface area contributed by atoms with Crippen LogP contribution in [0.25, 0.3) is 0 Å². The first-order chi connectivity index (χ1) is 14.4. The van der Waals surface area contributed by atoms with Crippen LogP contribution in [0.5, 0.6) is 0 Å². The molecule has 1 heterocycles. The largest absolute Gasteiger partial charge is 0.355 e. The van der Waals surface area contributed by atoms with Gasteiger partial charge in [-0.3, -0.25) is 4.79 Å². The van der Waals surface area contributed by atoms with Crippen LogP contribution in [0.3, 0.4) is 0 Å². The third-order valence-corrected chi connectivity index (χ3v) is 8.22. The van der Waals surface area contributed by atoms with E-state index in [0.29, 0.717) is 25.9 Å². The fraction of sp³-hybridized carbons (Fsp3) is 0.381. The van der Waals surface area contributed by atoms with E-state index in [0.717, 1.165) is 34.2 Å². The molecule has 0 saturated carbocycles. The highest BCUT2D eigenvalue weighted by Gasteiger charge is 2.33. The van der Waals surface area contributed by atoms with Crippen molar-refractivity contribution in [3.8, 4) is 0 Å². The normalized spacial score (nSPS) is 17.6. The maximum Gasteiger partial charge on any atom is 0.243 e. The third-order valence-electron chi connectivity index (χ3n) is 4.97. The van der Waals surface area contributed by atoms with Crippen LogP contribution in [0.15, 0.2) is 53.4 Å². The molecule has 1 aliphatic rings. The summed E-state index contributed by atoms with van der Waals surface area (Å²) in [6.07, 6.45) is 1.26. The molecule has 1 aliphatic heterocycles. The van der Waals surface area contributed by atoms with Crippen molar-refractivity contribution in [2.45, 2.75) is 23.5 Å². The van der Waals surface area contributed by atoms with Gasteiger partial charge in [-0.05, 0) is 48.7 Å². The minimum absolute atomic E-state index is 0.0425. The van der Waals surface area contributed by atoms with Crippen LogP contribution in [-0.4, -0.2) is 44.0 Å². The number of sulfonamides is 1. The number of nitrogens with zero attached hydrogens (tertiary/aromatic N) is 1. The van der Waals surface area contributed by atoms with E-state index in [4.69, 9.17) is 11.6 Å². The monoisotopic (exact) mass is 470 g/mol. The molecule has 0 spiro atoms. The topological polar surface area (TPSA) is 66.5 Å². The smallest absolute Gasteiger partial charge is 0.243 e. The lowest BCUT2D eigenvalue weighted by Gasteiger charge is -2.31. The Balaban J connectivity index is 1.47. The number of rotatable bonds is 8. The van der Waals surface area contributed by atoms with Crippen LogP contribution in [0.4, 0.5) is 4.39 Å². The molecule has 5 nitrogen and oxygen atoms in total. The van der Waals surface area contributed by atoms with Crippen molar-refractivity contribution in [1.82, 2.24) is 9.62 Å². The lowest BCUT2D eigenvalue weighted by Crippen LogP contribution is -2.45. The molecule has 3 rings (SSSR count). The van der Waals surface area contributed by atoms with Crippen LogP contribution < -0.4 is 5.32 Å². The third kappa shape index (κ3) is 5.97. The number of hydrogen-bond donors (Lipinski definition) is 1. The Labute approximate surface area is 186 Å². The molecule has 2 aromatic carbocycles. The average Bonchev–Trinajstić information content (AvgIpc) is 2.75. The Morgan fingerprint density at radius 3 is 2.67 bits per heavy atom. The van der Waals surface area contributed by atoms with Gasteiger partial charge in [-0.1, -0.05) is 29.8 Å². The predicted octanol–water partition coefficient (Wildman–Crippen LogP) is 3.93. The van der Waals surface area contributed by atoms with Crippen molar-refractivity contribution in [3.63, 3.8) is 0 Å². The zero-order valence-corrected chi connectivity index (χ0v) is 18.8. The Hall–Kier alpha value is -1.61. The van der Waals surface area contributed by atoms with Gasteiger partial charge in [-0.15, -0.1) is 0 Å². The number of benzene rings is 2. The minimum atomic E-state index is -3.74. The number of nitrogens with one attached hydrogen (secondary N) is 1. The summed E-state index contributed by atoms with van der Waals surface area (Å²) in [4.78, 5) is 12.6. The van der Waals surface area contributed by atoms with E-state index in [1.807, 2.05) is 24.3 Å². The minimum Gasteiger partial charge on any atom is -0.355 e. The standard InChI is InChI=1S/C21H24ClFN2O3S2/c22-20-6-2-1-4-17(20)15-29-13-11-24-21(26)16-5-3-12-25(14-16)30(27,28)19-9-7-18(23)8-10-19/h1-2,4,6-10,16H,3,5,11-15H2,(H,24,26). The number of hydrogen-bond acceptors (Lipinski definition) is 4. The van der Waals surface area contributed by atoms with Crippen LogP contribution in [-0.2, 0) is 20.6 Å². The first-order valence-corrected chi connectivity index (χ1v) is 12.7. The van der Waals surface area contributed by atoms with Gasteiger partial charge in [0.15, 0.2) is 0 Å². The lowest BCUT2D eigenvalue weighted by molar-refractivity contribution is -0.125. The van der Waals surface area contributed by atoms with E-state index in [1.54, 1.807) is 11.8 Å². The van der Waals surface area contributed by atoms with Crippen molar-refractivity contribution < 1.29 is 17.6 Å². The molecular weight excluding hydrogens is 447 g/mol. The first kappa shape index (κ1) is 23.1. The number of piperidine rings is 1. The Morgan fingerprint density at radius 2 is 1.93 bits per heavy atom. The summed E-state index contributed by atoms with van der Waals surface area (Å²) in [6.45, 7) is 1.00. The van der Waals surface area contributed by atoms with Crippen molar-refractivity contribution in [1.29, 1.82) is 0 Å². The van der Waals surface area contributed by atoms with Gasteiger partial charge in [-0.25, -0.2) is 12.8 Å². The summed E-state index contributed by atoms with van der Waals surface area (Å²) < 4.78 is 40.0. The number of carbonyl (C=O) groups is 1. The lowest BCUT2D eigenvalue weighted by atomic mass is 9.99. The second-order valence-corrected chi connectivity index (χ2v) is 10.5. The highest BCUT2D eigenvalue weighted by molar-refractivity contribution is 7.98. The van der Waals surface area contributed by atoms with Crippen molar-refractivity contribution in [3.05, 3.63) is 64.9 Å². The Morgan fingerprint density at radius 1 is 1.20 bits per heavy atom. The molecule has 0 bridgehead atoms. The molecule has 2 aromatic rings. The maximum atomic E-state index is 13.1. The van der Waals surface area contributed by atoms with E-state index in [2.05, 4.69) is 5.32 Å². The highest BCUT2D eigenvalue weighted by atomic mass is 35.5. The molecule has 162 valence electrons. The predicted molar refractivity (Wildman–Crippen MR) is 119 cm³/mol. The van der Waals surface area contributed by atoms with Gasteiger partial charge in [0.2, 0.25) is 15.9 Å². The van der Waals surface area contributed by atoms with E-state index >= 15 is 0 Å². The van der Waals surface area contributed by atoms with E-state index in [1.165, 1.54) is 16.4 Å². The summed E-state index contributed by atoms with van der Waals surface area (Å²) in [5, 5.41) is 3.64. The van der Waals surface area contributed by atoms with E-state index < -0.39 is 15.8 Å². The van der Waals surface area contributed by atoms with Crippen LogP contribution in [0, 0.1) is 11.7 Å². The molecule has 0 aliphatic carbocycles. The zero-order valence-electron chi connectivity index (χ0n) is 16.4. The Kier molecular flexibility index (Phi) is 8.16. The fourth-order valence-electron chi connectivity index (χ4n) is 3.32. The highest BCUT2D eigenvalue weighted by Crippen LogP contribution is 2.24. The zero-order chi connectivity index (χ0) is 21.6. The van der Waals surface area contributed by atoms with Crippen LogP contribution in [0.1, 0.15) is 18.4 Å². The number of thioether (sulfide) groups is 1. The van der Waals surface area contributed by atoms with Crippen molar-refractivity contribution in [2.75, 3.05) is 25.4 Å². The van der Waals surface area contributed by atoms with E-state index in [-0.39, 0.29) is 23.3 Å². The molecule has 30 heavy (non-hydrogen) atoms. The van der Waals surface area contributed by atoms with E-state index in [9.17, 15) is 17.6 Å². The molecule has 1 N–H and O–H groups in total. The molecule has 1 fully saturated rings. The molecule has 1 amide bonds. The van der Waals surface area contributed by atoms with Gasteiger partial charge in [0.05, 0.1) is 10.8 Å². The van der Waals surface area contributed by atoms with Gasteiger partial charge in [0, 0.05) is 36.2 Å². The maximum absolute atomic E-state index is 13.1. The number of carbonyl (C=O) groups excluding carboxylic acids is 1. The summed E-state index contributed by atoms with van der Waals surface area (Å²) in [5.41, 5.74) is 1.06. The second-order valence-electron chi connectivity index (χ2n) is 7.09. The van der Waals surface area contributed by atoms with Crippen molar-refractivity contribution in [2.24, 2.45) is 5.92 Å². The van der Waals surface area contributed by atoms with Gasteiger partial charge in [0.25, 0.3) is 0 Å². The fourth-order valence-corrected chi connectivity index (χ4v) is 5.99. The molecule has 0 radical (unpaired) electrons. The van der Waals surface area contributed by atoms with Gasteiger partial charge >= 0.3 is 0 Å². The summed E-state index contributed by atoms with van der Waals surface area (Å²) in [5.74, 6) is 0.497. The first-order valence-electron chi connectivity index (χ1n) is 9.72. The van der Waals surface area contributed by atoms with Crippen molar-refractivity contribution >= 4 is 39.3 Å². The number of amides is 1. The van der Waals surface area contributed by atoms with Crippen LogP contribution >= 0.6 is 23.4 Å². The average molecular weight is 471 g/mol.